The number of Topliss-reactive ketones (excluding diaryl/α,β-unsaturated/α-hetero) is 1. The van der Waals surface area contributed by atoms with Crippen LogP contribution in [0.3, 0.4) is 0 Å². The van der Waals surface area contributed by atoms with Gasteiger partial charge in [0.25, 0.3) is 5.91 Å². The number of hydrogen-bond acceptors (Lipinski definition) is 4. The molecule has 0 aromatic heterocycles. The Morgan fingerprint density at radius 1 is 1.10 bits per heavy atom. The molecule has 5 heteroatoms. The molecule has 20 heavy (non-hydrogen) atoms. The van der Waals surface area contributed by atoms with Crippen molar-refractivity contribution >= 4 is 11.7 Å². The van der Waals surface area contributed by atoms with Gasteiger partial charge in [-0.15, -0.1) is 0 Å². The monoisotopic (exact) mass is 277 g/mol. The van der Waals surface area contributed by atoms with E-state index in [0.717, 1.165) is 6.42 Å². The number of ether oxygens (including phenoxy) is 2. The Morgan fingerprint density at radius 2 is 1.75 bits per heavy atom. The number of hydrogen-bond donors (Lipinski definition) is 1. The van der Waals surface area contributed by atoms with Crippen LogP contribution in [0, 0.1) is 0 Å². The van der Waals surface area contributed by atoms with E-state index >= 15 is 0 Å². The maximum absolute atomic E-state index is 12.1. The largest absolute Gasteiger partial charge is 0.490 e. The number of carbonyl (C=O) groups excluding carboxylic acids is 2. The first-order valence-electron chi connectivity index (χ1n) is 6.63. The third-order valence-electron chi connectivity index (χ3n) is 2.70. The molecule has 108 valence electrons. The van der Waals surface area contributed by atoms with Gasteiger partial charge in [-0.05, 0) is 39.0 Å². The molecule has 0 saturated carbocycles. The standard InChI is InChI=1S/C15H19NO4/c1-15(2,3)16-14(18)13(17)10-5-6-11-12(9-10)20-8-4-7-19-11/h5-6,9H,4,7-8H2,1-3H3,(H,16,18). The molecule has 1 aliphatic heterocycles. The van der Waals surface area contributed by atoms with Crippen molar-refractivity contribution in [1.29, 1.82) is 0 Å². The van der Waals surface area contributed by atoms with Crippen LogP contribution in [0.15, 0.2) is 18.2 Å². The number of fused-ring (bicyclic) bond motifs is 1. The maximum atomic E-state index is 12.1. The van der Waals surface area contributed by atoms with Crippen LogP contribution >= 0.6 is 0 Å². The van der Waals surface area contributed by atoms with Crippen molar-refractivity contribution in [2.45, 2.75) is 32.7 Å². The Morgan fingerprint density at radius 3 is 2.40 bits per heavy atom. The number of carbonyl (C=O) groups is 2. The first-order valence-corrected chi connectivity index (χ1v) is 6.63. The lowest BCUT2D eigenvalue weighted by molar-refractivity contribution is -0.118. The molecule has 1 heterocycles. The number of nitrogens with one attached hydrogen (secondary N) is 1. The lowest BCUT2D eigenvalue weighted by Gasteiger charge is -2.19. The molecule has 0 bridgehead atoms. The summed E-state index contributed by atoms with van der Waals surface area (Å²) in [5.41, 5.74) is -0.145. The van der Waals surface area contributed by atoms with Gasteiger partial charge in [0.15, 0.2) is 11.5 Å². The van der Waals surface area contributed by atoms with Gasteiger partial charge in [0, 0.05) is 17.5 Å². The number of benzene rings is 1. The van der Waals surface area contributed by atoms with Crippen LogP contribution in [0.1, 0.15) is 37.6 Å². The predicted octanol–water partition coefficient (Wildman–Crippen LogP) is 1.95. The van der Waals surface area contributed by atoms with Crippen LogP contribution in [0.5, 0.6) is 11.5 Å². The highest BCUT2D eigenvalue weighted by Gasteiger charge is 2.23. The Labute approximate surface area is 118 Å². The van der Waals surface area contributed by atoms with Crippen LogP contribution in [0.2, 0.25) is 0 Å². The fourth-order valence-electron chi connectivity index (χ4n) is 1.83. The predicted molar refractivity (Wildman–Crippen MR) is 74.3 cm³/mol. The first-order chi connectivity index (χ1) is 9.37. The highest BCUT2D eigenvalue weighted by molar-refractivity contribution is 6.43. The number of rotatable bonds is 2. The highest BCUT2D eigenvalue weighted by Crippen LogP contribution is 2.30. The minimum atomic E-state index is -0.619. The van der Waals surface area contributed by atoms with Crippen LogP contribution in [-0.4, -0.2) is 30.4 Å². The van der Waals surface area contributed by atoms with Gasteiger partial charge in [0.05, 0.1) is 13.2 Å². The lowest BCUT2D eigenvalue weighted by atomic mass is 10.1. The van der Waals surface area contributed by atoms with Crippen LogP contribution in [0.4, 0.5) is 0 Å². The first kappa shape index (κ1) is 14.4. The van der Waals surface area contributed by atoms with E-state index in [-0.39, 0.29) is 0 Å². The Bertz CT molecular complexity index is 531. The average molecular weight is 277 g/mol. The summed E-state index contributed by atoms with van der Waals surface area (Å²) >= 11 is 0. The fraction of sp³-hybridized carbons (Fsp3) is 0.467. The molecule has 1 aliphatic rings. The van der Waals surface area contributed by atoms with Gasteiger partial charge in [-0.25, -0.2) is 0 Å². The van der Waals surface area contributed by atoms with Crippen LogP contribution in [0.25, 0.3) is 0 Å². The Kier molecular flexibility index (Phi) is 3.97. The molecular weight excluding hydrogens is 258 g/mol. The van der Waals surface area contributed by atoms with E-state index in [2.05, 4.69) is 5.32 Å². The van der Waals surface area contributed by atoms with Gasteiger partial charge < -0.3 is 14.8 Å². The van der Waals surface area contributed by atoms with E-state index in [4.69, 9.17) is 9.47 Å². The normalized spacial score (nSPS) is 14.3. The average Bonchev–Trinajstić information content (AvgIpc) is 2.59. The van der Waals surface area contributed by atoms with Crippen molar-refractivity contribution in [3.63, 3.8) is 0 Å². The minimum absolute atomic E-state index is 0.302. The zero-order valence-corrected chi connectivity index (χ0v) is 12.0. The van der Waals surface area contributed by atoms with E-state index in [1.807, 2.05) is 20.8 Å². The van der Waals surface area contributed by atoms with Crippen molar-refractivity contribution in [2.24, 2.45) is 0 Å². The van der Waals surface area contributed by atoms with Gasteiger partial charge in [-0.2, -0.15) is 0 Å². The minimum Gasteiger partial charge on any atom is -0.490 e. The van der Waals surface area contributed by atoms with E-state index < -0.39 is 17.2 Å². The smallest absolute Gasteiger partial charge is 0.292 e. The summed E-state index contributed by atoms with van der Waals surface area (Å²) in [6.07, 6.45) is 0.794. The molecule has 1 aromatic rings. The summed E-state index contributed by atoms with van der Waals surface area (Å²) in [4.78, 5) is 23.9. The number of ketones is 1. The molecule has 0 fully saturated rings. The third kappa shape index (κ3) is 3.50. The molecule has 5 nitrogen and oxygen atoms in total. The molecule has 1 aromatic carbocycles. The zero-order chi connectivity index (χ0) is 14.8. The fourth-order valence-corrected chi connectivity index (χ4v) is 1.83. The molecule has 0 aliphatic carbocycles. The van der Waals surface area contributed by atoms with Crippen molar-refractivity contribution in [3.8, 4) is 11.5 Å². The number of amides is 1. The topological polar surface area (TPSA) is 64.6 Å². The Balaban J connectivity index is 2.19. The zero-order valence-electron chi connectivity index (χ0n) is 12.0. The summed E-state index contributed by atoms with van der Waals surface area (Å²) in [5, 5.41) is 2.65. The van der Waals surface area contributed by atoms with Gasteiger partial charge in [0.2, 0.25) is 5.78 Å². The molecule has 1 amide bonds. The summed E-state index contributed by atoms with van der Waals surface area (Å²) < 4.78 is 11.0. The van der Waals surface area contributed by atoms with Crippen molar-refractivity contribution in [1.82, 2.24) is 5.32 Å². The maximum Gasteiger partial charge on any atom is 0.292 e. The highest BCUT2D eigenvalue weighted by atomic mass is 16.5. The summed E-state index contributed by atoms with van der Waals surface area (Å²) in [7, 11) is 0. The quantitative estimate of drug-likeness (QED) is 0.663. The van der Waals surface area contributed by atoms with E-state index in [9.17, 15) is 9.59 Å². The van der Waals surface area contributed by atoms with Gasteiger partial charge in [-0.1, -0.05) is 0 Å². The van der Waals surface area contributed by atoms with Crippen molar-refractivity contribution < 1.29 is 19.1 Å². The molecule has 0 unspecified atom stereocenters. The third-order valence-corrected chi connectivity index (χ3v) is 2.70. The molecule has 0 atom stereocenters. The Hall–Kier alpha value is -2.04. The van der Waals surface area contributed by atoms with E-state index in [1.54, 1.807) is 18.2 Å². The molecule has 1 N–H and O–H groups in total. The summed E-state index contributed by atoms with van der Waals surface area (Å²) in [6.45, 7) is 6.61. The van der Waals surface area contributed by atoms with Crippen molar-refractivity contribution in [3.05, 3.63) is 23.8 Å². The van der Waals surface area contributed by atoms with Gasteiger partial charge in [0.1, 0.15) is 0 Å². The SMILES string of the molecule is CC(C)(C)NC(=O)C(=O)c1ccc2c(c1)OCCCO2. The molecule has 0 radical (unpaired) electrons. The van der Waals surface area contributed by atoms with Crippen LogP contribution < -0.4 is 14.8 Å². The van der Waals surface area contributed by atoms with Gasteiger partial charge >= 0.3 is 0 Å². The molecule has 0 saturated heterocycles. The van der Waals surface area contributed by atoms with Gasteiger partial charge in [-0.3, -0.25) is 9.59 Å². The van der Waals surface area contributed by atoms with Crippen LogP contribution in [-0.2, 0) is 4.79 Å². The lowest BCUT2D eigenvalue weighted by Crippen LogP contribution is -2.44. The summed E-state index contributed by atoms with van der Waals surface area (Å²) in [6, 6.07) is 4.81. The van der Waals surface area contributed by atoms with E-state index in [0.29, 0.717) is 30.3 Å². The molecule has 2 rings (SSSR count). The summed E-state index contributed by atoms with van der Waals surface area (Å²) in [5.74, 6) is -0.0743. The second-order valence-corrected chi connectivity index (χ2v) is 5.75. The second kappa shape index (κ2) is 5.53. The molecular formula is C15H19NO4. The second-order valence-electron chi connectivity index (χ2n) is 5.75. The van der Waals surface area contributed by atoms with Crippen molar-refractivity contribution in [2.75, 3.05) is 13.2 Å². The molecule has 0 spiro atoms. The van der Waals surface area contributed by atoms with E-state index in [1.165, 1.54) is 0 Å².